The Labute approximate surface area is 185 Å². The Kier molecular flexibility index (Phi) is 7.25. The first-order valence-corrected chi connectivity index (χ1v) is 12.1. The molecule has 1 aromatic heterocycles. The smallest absolute Gasteiger partial charge is 0.242 e. The number of hydrogen-bond acceptors (Lipinski definition) is 3. The molecule has 2 fully saturated rings. The molecule has 0 bridgehead atoms. The van der Waals surface area contributed by atoms with Crippen molar-refractivity contribution in [3.8, 4) is 0 Å². The molecule has 1 saturated heterocycles. The van der Waals surface area contributed by atoms with E-state index in [0.717, 1.165) is 68.5 Å². The van der Waals surface area contributed by atoms with E-state index in [-0.39, 0.29) is 17.7 Å². The highest BCUT2D eigenvalue weighted by atomic mass is 16.2. The number of fused-ring (bicyclic) bond motifs is 1. The molecule has 2 aliphatic rings. The zero-order chi connectivity index (χ0) is 21.6. The van der Waals surface area contributed by atoms with Gasteiger partial charge in [0.15, 0.2) is 0 Å². The second-order valence-electron chi connectivity index (χ2n) is 9.40. The third-order valence-electron chi connectivity index (χ3n) is 7.02. The van der Waals surface area contributed by atoms with Gasteiger partial charge in [-0.15, -0.1) is 0 Å². The maximum atomic E-state index is 13.0. The Bertz CT molecular complexity index is 892. The zero-order valence-electron chi connectivity index (χ0n) is 18.8. The monoisotopic (exact) mass is 424 g/mol. The SMILES string of the molecule is CC1CCN(C(=O)Cn2c(CCCNC(=O)C3CCCCC3)nc3ccccc32)CC1. The predicted molar refractivity (Wildman–Crippen MR) is 123 cm³/mol. The lowest BCUT2D eigenvalue weighted by Crippen LogP contribution is -2.40. The van der Waals surface area contributed by atoms with Gasteiger partial charge in [-0.3, -0.25) is 9.59 Å². The van der Waals surface area contributed by atoms with Crippen LogP contribution in [0.1, 0.15) is 64.1 Å². The van der Waals surface area contributed by atoms with Gasteiger partial charge in [-0.2, -0.15) is 0 Å². The molecule has 0 spiro atoms. The molecule has 0 atom stereocenters. The Balaban J connectivity index is 1.37. The largest absolute Gasteiger partial charge is 0.356 e. The zero-order valence-corrected chi connectivity index (χ0v) is 18.8. The van der Waals surface area contributed by atoms with Crippen molar-refractivity contribution in [1.82, 2.24) is 19.8 Å². The Morgan fingerprint density at radius 3 is 2.58 bits per heavy atom. The molecule has 0 radical (unpaired) electrons. The first-order valence-electron chi connectivity index (χ1n) is 12.1. The molecule has 6 heteroatoms. The number of aromatic nitrogens is 2. The van der Waals surface area contributed by atoms with E-state index in [4.69, 9.17) is 4.98 Å². The van der Waals surface area contributed by atoms with Gasteiger partial charge in [-0.05, 0) is 50.2 Å². The summed E-state index contributed by atoms with van der Waals surface area (Å²) in [6, 6.07) is 8.04. The molecule has 2 aromatic rings. The number of hydrogen-bond donors (Lipinski definition) is 1. The highest BCUT2D eigenvalue weighted by Crippen LogP contribution is 2.24. The second-order valence-corrected chi connectivity index (χ2v) is 9.40. The topological polar surface area (TPSA) is 67.2 Å². The van der Waals surface area contributed by atoms with Crippen LogP contribution in [0.2, 0.25) is 0 Å². The summed E-state index contributed by atoms with van der Waals surface area (Å²) in [5, 5.41) is 3.12. The lowest BCUT2D eigenvalue weighted by molar-refractivity contribution is -0.133. The molecule has 4 rings (SSSR count). The minimum atomic E-state index is 0.182. The second kappa shape index (κ2) is 10.3. The van der Waals surface area contributed by atoms with E-state index in [0.29, 0.717) is 19.0 Å². The average molecular weight is 425 g/mol. The minimum absolute atomic E-state index is 0.182. The van der Waals surface area contributed by atoms with E-state index in [1.54, 1.807) is 0 Å². The number of imidazole rings is 1. The number of rotatable bonds is 7. The Morgan fingerprint density at radius 2 is 1.81 bits per heavy atom. The van der Waals surface area contributed by atoms with E-state index in [2.05, 4.69) is 16.8 Å². The molecule has 1 aliphatic heterocycles. The van der Waals surface area contributed by atoms with Crippen molar-refractivity contribution in [3.63, 3.8) is 0 Å². The standard InChI is InChI=1S/C25H36N4O2/c1-19-13-16-28(17-14-19)24(30)18-29-22-11-6-5-10-21(22)27-23(29)12-7-15-26-25(31)20-8-3-2-4-9-20/h5-6,10-11,19-20H,2-4,7-9,12-18H2,1H3,(H,26,31). The molecule has 2 amide bonds. The first-order chi connectivity index (χ1) is 15.1. The molecule has 1 aliphatic carbocycles. The number of carbonyl (C=O) groups excluding carboxylic acids is 2. The van der Waals surface area contributed by atoms with Gasteiger partial charge in [0.2, 0.25) is 11.8 Å². The Hall–Kier alpha value is -2.37. The number of para-hydroxylation sites is 2. The summed E-state index contributed by atoms with van der Waals surface area (Å²) in [7, 11) is 0. The number of piperidine rings is 1. The molecule has 168 valence electrons. The van der Waals surface area contributed by atoms with Gasteiger partial charge >= 0.3 is 0 Å². The maximum absolute atomic E-state index is 13.0. The van der Waals surface area contributed by atoms with Crippen LogP contribution in [0.5, 0.6) is 0 Å². The predicted octanol–water partition coefficient (Wildman–Crippen LogP) is 3.92. The third-order valence-corrected chi connectivity index (χ3v) is 7.02. The molecular formula is C25H36N4O2. The summed E-state index contributed by atoms with van der Waals surface area (Å²) in [4.78, 5) is 32.2. The number of amides is 2. The van der Waals surface area contributed by atoms with Crippen LogP contribution in [0.4, 0.5) is 0 Å². The molecule has 1 aromatic carbocycles. The fourth-order valence-electron chi connectivity index (χ4n) is 4.95. The molecule has 1 saturated carbocycles. The molecule has 31 heavy (non-hydrogen) atoms. The van der Waals surface area contributed by atoms with Crippen molar-refractivity contribution < 1.29 is 9.59 Å². The van der Waals surface area contributed by atoms with E-state index in [9.17, 15) is 9.59 Å². The quantitative estimate of drug-likeness (QED) is 0.685. The van der Waals surface area contributed by atoms with Crippen LogP contribution in [0.3, 0.4) is 0 Å². The van der Waals surface area contributed by atoms with Crippen molar-refractivity contribution in [2.45, 2.75) is 71.3 Å². The van der Waals surface area contributed by atoms with Gasteiger partial charge in [0.25, 0.3) is 0 Å². The van der Waals surface area contributed by atoms with Gasteiger partial charge in [-0.25, -0.2) is 4.98 Å². The molecular weight excluding hydrogens is 388 g/mol. The van der Waals surface area contributed by atoms with Crippen molar-refractivity contribution in [1.29, 1.82) is 0 Å². The molecule has 2 heterocycles. The van der Waals surface area contributed by atoms with Crippen LogP contribution in [0, 0.1) is 11.8 Å². The number of nitrogens with zero attached hydrogens (tertiary/aromatic N) is 3. The summed E-state index contributed by atoms with van der Waals surface area (Å²) in [5.41, 5.74) is 1.95. The Morgan fingerprint density at radius 1 is 1.06 bits per heavy atom. The number of likely N-dealkylation sites (tertiary alicyclic amines) is 1. The van der Waals surface area contributed by atoms with Gasteiger partial charge in [0.1, 0.15) is 12.4 Å². The van der Waals surface area contributed by atoms with Crippen LogP contribution >= 0.6 is 0 Å². The van der Waals surface area contributed by atoms with Gasteiger partial charge in [0, 0.05) is 32.0 Å². The van der Waals surface area contributed by atoms with Gasteiger partial charge in [-0.1, -0.05) is 38.3 Å². The highest BCUT2D eigenvalue weighted by molar-refractivity contribution is 5.81. The number of aryl methyl sites for hydroxylation is 1. The van der Waals surface area contributed by atoms with Gasteiger partial charge in [0.05, 0.1) is 11.0 Å². The molecule has 1 N–H and O–H groups in total. The van der Waals surface area contributed by atoms with Crippen molar-refractivity contribution in [3.05, 3.63) is 30.1 Å². The maximum Gasteiger partial charge on any atom is 0.242 e. The fourth-order valence-corrected chi connectivity index (χ4v) is 4.95. The fraction of sp³-hybridized carbons (Fsp3) is 0.640. The minimum Gasteiger partial charge on any atom is -0.356 e. The van der Waals surface area contributed by atoms with E-state index < -0.39 is 0 Å². The molecule has 6 nitrogen and oxygen atoms in total. The van der Waals surface area contributed by atoms with Crippen LogP contribution in [0.25, 0.3) is 11.0 Å². The van der Waals surface area contributed by atoms with Crippen LogP contribution in [-0.2, 0) is 22.6 Å². The van der Waals surface area contributed by atoms with E-state index >= 15 is 0 Å². The van der Waals surface area contributed by atoms with Crippen molar-refractivity contribution >= 4 is 22.8 Å². The summed E-state index contributed by atoms with van der Waals surface area (Å²) >= 11 is 0. The van der Waals surface area contributed by atoms with Crippen LogP contribution in [0.15, 0.2) is 24.3 Å². The third kappa shape index (κ3) is 5.46. The van der Waals surface area contributed by atoms with E-state index in [1.165, 1.54) is 19.3 Å². The average Bonchev–Trinajstić information content (AvgIpc) is 3.15. The summed E-state index contributed by atoms with van der Waals surface area (Å²) in [6.07, 6.45) is 9.42. The molecule has 0 unspecified atom stereocenters. The van der Waals surface area contributed by atoms with Gasteiger partial charge < -0.3 is 14.8 Å². The number of carbonyl (C=O) groups is 2. The normalized spacial score (nSPS) is 18.4. The lowest BCUT2D eigenvalue weighted by atomic mass is 9.89. The number of nitrogens with one attached hydrogen (secondary N) is 1. The van der Waals surface area contributed by atoms with Crippen molar-refractivity contribution in [2.75, 3.05) is 19.6 Å². The summed E-state index contributed by atoms with van der Waals surface area (Å²) < 4.78 is 2.08. The highest BCUT2D eigenvalue weighted by Gasteiger charge is 2.23. The van der Waals surface area contributed by atoms with Crippen molar-refractivity contribution in [2.24, 2.45) is 11.8 Å². The van der Waals surface area contributed by atoms with Crippen LogP contribution in [-0.4, -0.2) is 45.9 Å². The van der Waals surface area contributed by atoms with Crippen LogP contribution < -0.4 is 5.32 Å². The van der Waals surface area contributed by atoms with E-state index in [1.807, 2.05) is 29.2 Å². The summed E-state index contributed by atoms with van der Waals surface area (Å²) in [5.74, 6) is 2.23. The number of benzene rings is 1. The lowest BCUT2D eigenvalue weighted by Gasteiger charge is -2.30. The summed E-state index contributed by atoms with van der Waals surface area (Å²) in [6.45, 7) is 4.98. The first kappa shape index (κ1) is 21.8.